The van der Waals surface area contributed by atoms with Crippen LogP contribution in [-0.2, 0) is 12.6 Å². The number of hydrogen-bond donors (Lipinski definition) is 0. The van der Waals surface area contributed by atoms with Crippen LogP contribution in [0.2, 0.25) is 0 Å². The molecule has 0 aliphatic heterocycles. The minimum atomic E-state index is -4.27. The average Bonchev–Trinajstić information content (AvgIpc) is 2.03. The van der Waals surface area contributed by atoms with Crippen molar-refractivity contribution in [1.82, 2.24) is 0 Å². The molecule has 65 valence electrons. The molecule has 1 aromatic carbocycles. The van der Waals surface area contributed by atoms with E-state index in [1.54, 1.807) is 13.0 Å². The standard InChI is InChI=1S/C9H8F3/c1-2-7-4-3-5-8(6-7)9(10,11)12/h3-5H,2H2,1H3. The molecule has 0 saturated heterocycles. The van der Waals surface area contributed by atoms with Crippen LogP contribution in [0.15, 0.2) is 18.2 Å². The first-order valence-electron chi connectivity index (χ1n) is 3.62. The van der Waals surface area contributed by atoms with Gasteiger partial charge in [-0.05, 0) is 24.1 Å². The summed E-state index contributed by atoms with van der Waals surface area (Å²) in [6.07, 6.45) is -3.70. The lowest BCUT2D eigenvalue weighted by Crippen LogP contribution is -2.05. The third-order valence-corrected chi connectivity index (χ3v) is 1.54. The van der Waals surface area contributed by atoms with Crippen LogP contribution < -0.4 is 0 Å². The summed E-state index contributed by atoms with van der Waals surface area (Å²) < 4.78 is 36.2. The van der Waals surface area contributed by atoms with Crippen molar-refractivity contribution in [2.45, 2.75) is 19.5 Å². The van der Waals surface area contributed by atoms with Crippen molar-refractivity contribution in [3.63, 3.8) is 0 Å². The predicted molar refractivity (Wildman–Crippen MR) is 39.7 cm³/mol. The zero-order valence-electron chi connectivity index (χ0n) is 6.57. The molecular formula is C9H8F3. The van der Waals surface area contributed by atoms with Crippen molar-refractivity contribution in [3.05, 3.63) is 35.4 Å². The van der Waals surface area contributed by atoms with Crippen molar-refractivity contribution in [2.75, 3.05) is 0 Å². The highest BCUT2D eigenvalue weighted by molar-refractivity contribution is 5.23. The van der Waals surface area contributed by atoms with E-state index in [9.17, 15) is 13.2 Å². The second kappa shape index (κ2) is 3.17. The fourth-order valence-corrected chi connectivity index (χ4v) is 0.888. The Kier molecular flexibility index (Phi) is 2.40. The highest BCUT2D eigenvalue weighted by atomic mass is 19.4. The molecule has 1 aromatic rings. The van der Waals surface area contributed by atoms with Gasteiger partial charge in [0.25, 0.3) is 0 Å². The molecule has 0 aliphatic rings. The molecule has 0 nitrogen and oxygen atoms in total. The Morgan fingerprint density at radius 2 is 2.00 bits per heavy atom. The number of aryl methyl sites for hydroxylation is 1. The summed E-state index contributed by atoms with van der Waals surface area (Å²) >= 11 is 0. The maximum atomic E-state index is 12.1. The van der Waals surface area contributed by atoms with Gasteiger partial charge in [0.2, 0.25) is 0 Å². The number of benzene rings is 1. The first-order chi connectivity index (χ1) is 5.54. The Morgan fingerprint density at radius 1 is 1.33 bits per heavy atom. The molecule has 0 spiro atoms. The smallest absolute Gasteiger partial charge is 0.166 e. The molecule has 1 radical (unpaired) electrons. The summed E-state index contributed by atoms with van der Waals surface area (Å²) in [5.74, 6) is 0. The number of halogens is 3. The van der Waals surface area contributed by atoms with Gasteiger partial charge in [-0.25, -0.2) is 0 Å². The van der Waals surface area contributed by atoms with Crippen LogP contribution in [0.1, 0.15) is 18.1 Å². The van der Waals surface area contributed by atoms with Crippen LogP contribution in [0.5, 0.6) is 0 Å². The second-order valence-electron chi connectivity index (χ2n) is 2.44. The van der Waals surface area contributed by atoms with Crippen LogP contribution in [0, 0.1) is 6.07 Å². The minimum absolute atomic E-state index is 0.573. The van der Waals surface area contributed by atoms with E-state index in [1.807, 2.05) is 0 Å². The van der Waals surface area contributed by atoms with Crippen LogP contribution >= 0.6 is 0 Å². The Bertz CT molecular complexity index is 263. The van der Waals surface area contributed by atoms with Crippen molar-refractivity contribution in [2.24, 2.45) is 0 Å². The van der Waals surface area contributed by atoms with E-state index < -0.39 is 11.7 Å². The first-order valence-corrected chi connectivity index (χ1v) is 3.62. The topological polar surface area (TPSA) is 0 Å². The molecule has 0 saturated carbocycles. The van der Waals surface area contributed by atoms with E-state index >= 15 is 0 Å². The van der Waals surface area contributed by atoms with Crippen molar-refractivity contribution in [3.8, 4) is 0 Å². The van der Waals surface area contributed by atoms with E-state index in [0.29, 0.717) is 12.0 Å². The van der Waals surface area contributed by atoms with Crippen molar-refractivity contribution < 1.29 is 13.2 Å². The van der Waals surface area contributed by atoms with Crippen LogP contribution in [0.3, 0.4) is 0 Å². The van der Waals surface area contributed by atoms with Gasteiger partial charge < -0.3 is 0 Å². The second-order valence-corrected chi connectivity index (χ2v) is 2.44. The summed E-state index contributed by atoms with van der Waals surface area (Å²) in [7, 11) is 0. The zero-order chi connectivity index (χ0) is 9.19. The third kappa shape index (κ3) is 2.00. The van der Waals surface area contributed by atoms with Gasteiger partial charge in [0.1, 0.15) is 0 Å². The molecule has 0 aliphatic carbocycles. The van der Waals surface area contributed by atoms with E-state index in [1.165, 1.54) is 6.07 Å². The van der Waals surface area contributed by atoms with Crippen molar-refractivity contribution >= 4 is 0 Å². The third-order valence-electron chi connectivity index (χ3n) is 1.54. The summed E-state index contributed by atoms with van der Waals surface area (Å²) in [6.45, 7) is 1.80. The van der Waals surface area contributed by atoms with Crippen LogP contribution in [-0.4, -0.2) is 0 Å². The lowest BCUT2D eigenvalue weighted by molar-refractivity contribution is -0.137. The SMILES string of the molecule is CCc1[c]c(C(F)(F)F)ccc1. The summed E-state index contributed by atoms with van der Waals surface area (Å²) in [4.78, 5) is 0. The Hall–Kier alpha value is -0.990. The summed E-state index contributed by atoms with van der Waals surface area (Å²) in [5, 5.41) is 0. The maximum absolute atomic E-state index is 12.1. The molecule has 0 amide bonds. The van der Waals surface area contributed by atoms with Gasteiger partial charge in [0.05, 0.1) is 5.56 Å². The van der Waals surface area contributed by atoms with E-state index in [4.69, 9.17) is 0 Å². The van der Waals surface area contributed by atoms with Gasteiger partial charge in [0, 0.05) is 0 Å². The zero-order valence-corrected chi connectivity index (χ0v) is 6.57. The van der Waals surface area contributed by atoms with Crippen molar-refractivity contribution in [1.29, 1.82) is 0 Å². The number of alkyl halides is 3. The molecule has 0 N–H and O–H groups in total. The molecule has 0 unspecified atom stereocenters. The van der Waals surface area contributed by atoms with Gasteiger partial charge in [0.15, 0.2) is 0 Å². The number of hydrogen-bond acceptors (Lipinski definition) is 0. The van der Waals surface area contributed by atoms with Crippen LogP contribution in [0.4, 0.5) is 13.2 Å². The monoisotopic (exact) mass is 173 g/mol. The van der Waals surface area contributed by atoms with Crippen LogP contribution in [0.25, 0.3) is 0 Å². The Balaban J connectivity index is 3.02. The largest absolute Gasteiger partial charge is 0.417 e. The summed E-state index contributed by atoms with van der Waals surface area (Å²) in [5.41, 5.74) is -0.105. The Morgan fingerprint density at radius 3 is 2.50 bits per heavy atom. The van der Waals surface area contributed by atoms with Gasteiger partial charge in [-0.2, -0.15) is 13.2 Å². The van der Waals surface area contributed by atoms with E-state index in [0.717, 1.165) is 6.07 Å². The molecule has 0 atom stereocenters. The maximum Gasteiger partial charge on any atom is 0.417 e. The number of rotatable bonds is 1. The lowest BCUT2D eigenvalue weighted by Gasteiger charge is -2.06. The van der Waals surface area contributed by atoms with Gasteiger partial charge in [-0.3, -0.25) is 0 Å². The lowest BCUT2D eigenvalue weighted by atomic mass is 10.1. The average molecular weight is 173 g/mol. The molecule has 0 bridgehead atoms. The minimum Gasteiger partial charge on any atom is -0.166 e. The quantitative estimate of drug-likeness (QED) is 0.612. The highest BCUT2D eigenvalue weighted by Gasteiger charge is 2.30. The van der Waals surface area contributed by atoms with Gasteiger partial charge in [-0.1, -0.05) is 19.1 Å². The fourth-order valence-electron chi connectivity index (χ4n) is 0.888. The highest BCUT2D eigenvalue weighted by Crippen LogP contribution is 2.28. The predicted octanol–water partition coefficient (Wildman–Crippen LogP) is 3.07. The molecule has 1 rings (SSSR count). The molecule has 12 heavy (non-hydrogen) atoms. The van der Waals surface area contributed by atoms with E-state index in [-0.39, 0.29) is 0 Å². The van der Waals surface area contributed by atoms with E-state index in [2.05, 4.69) is 6.07 Å². The molecule has 3 heteroatoms. The molecule has 0 fully saturated rings. The fraction of sp³-hybridized carbons (Fsp3) is 0.333. The summed E-state index contributed by atoms with van der Waals surface area (Å²) in [6, 6.07) is 6.37. The van der Waals surface area contributed by atoms with Gasteiger partial charge in [-0.15, -0.1) is 0 Å². The molecular weight excluding hydrogens is 165 g/mol. The molecule has 0 aromatic heterocycles. The normalized spacial score (nSPS) is 11.7. The van der Waals surface area contributed by atoms with Gasteiger partial charge >= 0.3 is 6.18 Å². The first kappa shape index (κ1) is 9.10. The Labute approximate surface area is 69.0 Å². The molecule has 0 heterocycles.